The first-order valence-corrected chi connectivity index (χ1v) is 5.30. The second kappa shape index (κ2) is 5.94. The predicted octanol–water partition coefficient (Wildman–Crippen LogP) is 1.40. The van der Waals surface area contributed by atoms with Crippen molar-refractivity contribution in [3.8, 4) is 0 Å². The molecule has 0 spiro atoms. The molecule has 0 amide bonds. The molecule has 1 unspecified atom stereocenters. The Morgan fingerprint density at radius 2 is 2.25 bits per heavy atom. The van der Waals surface area contributed by atoms with Crippen molar-refractivity contribution >= 4 is 0 Å². The summed E-state index contributed by atoms with van der Waals surface area (Å²) in [4.78, 5) is 0. The lowest BCUT2D eigenvalue weighted by Crippen LogP contribution is -2.32. The van der Waals surface area contributed by atoms with Crippen LogP contribution in [0.15, 0.2) is 24.3 Å². The third kappa shape index (κ3) is 3.27. The Bertz CT molecular complexity index is 333. The second-order valence-corrected chi connectivity index (χ2v) is 3.87. The summed E-state index contributed by atoms with van der Waals surface area (Å²) in [7, 11) is 1.51. The molecule has 90 valence electrons. The number of hydrogen-bond donors (Lipinski definition) is 2. The van der Waals surface area contributed by atoms with Gasteiger partial charge in [0.1, 0.15) is 11.4 Å². The van der Waals surface area contributed by atoms with Crippen LogP contribution in [0.4, 0.5) is 4.39 Å². The van der Waals surface area contributed by atoms with Crippen molar-refractivity contribution in [2.75, 3.05) is 20.3 Å². The minimum Gasteiger partial charge on any atom is -0.383 e. The lowest BCUT2D eigenvalue weighted by atomic mass is 9.90. The van der Waals surface area contributed by atoms with Gasteiger partial charge in [0.05, 0.1) is 6.61 Å². The highest BCUT2D eigenvalue weighted by Crippen LogP contribution is 2.27. The molecule has 0 aliphatic carbocycles. The molecule has 0 bridgehead atoms. The Morgan fingerprint density at radius 3 is 2.81 bits per heavy atom. The molecule has 1 rings (SSSR count). The van der Waals surface area contributed by atoms with Crippen molar-refractivity contribution in [2.45, 2.75) is 18.4 Å². The SMILES string of the molecule is COCC(O)(CCCN)c1cccc(F)c1. The molecule has 0 saturated heterocycles. The maximum atomic E-state index is 13.1. The van der Waals surface area contributed by atoms with Crippen LogP contribution in [0, 0.1) is 5.82 Å². The number of benzene rings is 1. The largest absolute Gasteiger partial charge is 0.383 e. The molecule has 0 saturated carbocycles. The fraction of sp³-hybridized carbons (Fsp3) is 0.500. The normalized spacial score (nSPS) is 14.8. The van der Waals surface area contributed by atoms with Gasteiger partial charge in [0.25, 0.3) is 0 Å². The molecule has 0 aliphatic rings. The number of rotatable bonds is 6. The first kappa shape index (κ1) is 13.1. The Balaban J connectivity index is 2.91. The van der Waals surface area contributed by atoms with Crippen molar-refractivity contribution in [3.05, 3.63) is 35.6 Å². The minimum atomic E-state index is -1.16. The van der Waals surface area contributed by atoms with Crippen molar-refractivity contribution in [1.29, 1.82) is 0 Å². The summed E-state index contributed by atoms with van der Waals surface area (Å²) < 4.78 is 18.1. The lowest BCUT2D eigenvalue weighted by molar-refractivity contribution is -0.0431. The van der Waals surface area contributed by atoms with Gasteiger partial charge in [0.15, 0.2) is 0 Å². The Kier molecular flexibility index (Phi) is 4.86. The molecule has 1 aromatic rings. The maximum Gasteiger partial charge on any atom is 0.123 e. The molecule has 0 radical (unpaired) electrons. The number of aliphatic hydroxyl groups is 1. The van der Waals surface area contributed by atoms with Gasteiger partial charge in [-0.3, -0.25) is 0 Å². The molecule has 3 nitrogen and oxygen atoms in total. The van der Waals surface area contributed by atoms with Crippen LogP contribution in [0.5, 0.6) is 0 Å². The van der Waals surface area contributed by atoms with Crippen molar-refractivity contribution in [2.24, 2.45) is 5.73 Å². The van der Waals surface area contributed by atoms with E-state index in [9.17, 15) is 9.50 Å². The number of methoxy groups -OCH3 is 1. The summed E-state index contributed by atoms with van der Waals surface area (Å²) in [6.45, 7) is 0.623. The van der Waals surface area contributed by atoms with Crippen LogP contribution in [0.2, 0.25) is 0 Å². The van der Waals surface area contributed by atoms with Gasteiger partial charge in [-0.15, -0.1) is 0 Å². The van der Waals surface area contributed by atoms with Gasteiger partial charge >= 0.3 is 0 Å². The quantitative estimate of drug-likeness (QED) is 0.772. The summed E-state index contributed by atoms with van der Waals surface area (Å²) in [5.41, 5.74) is 4.79. The topological polar surface area (TPSA) is 55.5 Å². The monoisotopic (exact) mass is 227 g/mol. The van der Waals surface area contributed by atoms with Crippen LogP contribution in [-0.2, 0) is 10.3 Å². The number of nitrogens with two attached hydrogens (primary N) is 1. The van der Waals surface area contributed by atoms with Crippen molar-refractivity contribution in [3.63, 3.8) is 0 Å². The summed E-state index contributed by atoms with van der Waals surface area (Å²) in [5, 5.41) is 10.4. The molecule has 16 heavy (non-hydrogen) atoms. The smallest absolute Gasteiger partial charge is 0.123 e. The second-order valence-electron chi connectivity index (χ2n) is 3.87. The van der Waals surface area contributed by atoms with E-state index in [-0.39, 0.29) is 12.4 Å². The molecule has 0 fully saturated rings. The highest BCUT2D eigenvalue weighted by atomic mass is 19.1. The zero-order valence-corrected chi connectivity index (χ0v) is 9.45. The summed E-state index contributed by atoms with van der Waals surface area (Å²) in [6, 6.07) is 5.95. The average molecular weight is 227 g/mol. The molecule has 0 heterocycles. The van der Waals surface area contributed by atoms with Crippen LogP contribution in [0.3, 0.4) is 0 Å². The van der Waals surface area contributed by atoms with Gasteiger partial charge in [-0.25, -0.2) is 4.39 Å². The van der Waals surface area contributed by atoms with Crippen molar-refractivity contribution in [1.82, 2.24) is 0 Å². The van der Waals surface area contributed by atoms with Crippen molar-refractivity contribution < 1.29 is 14.2 Å². The zero-order valence-electron chi connectivity index (χ0n) is 9.45. The molecule has 1 aromatic carbocycles. The van der Waals surface area contributed by atoms with E-state index < -0.39 is 5.60 Å². The first-order valence-electron chi connectivity index (χ1n) is 5.30. The highest BCUT2D eigenvalue weighted by molar-refractivity contribution is 5.23. The Hall–Kier alpha value is -0.970. The van der Waals surface area contributed by atoms with Gasteiger partial charge in [-0.1, -0.05) is 12.1 Å². The Morgan fingerprint density at radius 1 is 1.50 bits per heavy atom. The molecule has 4 heteroatoms. The molecule has 1 atom stereocenters. The first-order chi connectivity index (χ1) is 7.62. The van der Waals surface area contributed by atoms with E-state index in [0.29, 0.717) is 24.9 Å². The standard InChI is InChI=1S/C12H18FNO2/c1-16-9-12(15,6-3-7-14)10-4-2-5-11(13)8-10/h2,4-5,8,15H,3,6-7,9,14H2,1H3. The van der Waals surface area contributed by atoms with Gasteiger partial charge in [-0.05, 0) is 37.1 Å². The van der Waals surface area contributed by atoms with E-state index in [1.807, 2.05) is 0 Å². The predicted molar refractivity (Wildman–Crippen MR) is 60.5 cm³/mol. The van der Waals surface area contributed by atoms with E-state index >= 15 is 0 Å². The average Bonchev–Trinajstić information content (AvgIpc) is 2.27. The fourth-order valence-corrected chi connectivity index (χ4v) is 1.71. The van der Waals surface area contributed by atoms with Crippen LogP contribution in [0.25, 0.3) is 0 Å². The van der Waals surface area contributed by atoms with E-state index in [4.69, 9.17) is 10.5 Å². The molecule has 0 aliphatic heterocycles. The van der Waals surface area contributed by atoms with Gasteiger partial charge in [0.2, 0.25) is 0 Å². The molecular formula is C12H18FNO2. The Labute approximate surface area is 95.0 Å². The fourth-order valence-electron chi connectivity index (χ4n) is 1.71. The van der Waals surface area contributed by atoms with Gasteiger partial charge in [-0.2, -0.15) is 0 Å². The number of ether oxygens (including phenoxy) is 1. The number of halogens is 1. The summed E-state index contributed by atoms with van der Waals surface area (Å²) in [5.74, 6) is -0.361. The minimum absolute atomic E-state index is 0.135. The third-order valence-corrected chi connectivity index (χ3v) is 2.54. The van der Waals surface area contributed by atoms with Gasteiger partial charge < -0.3 is 15.6 Å². The molecule has 0 aromatic heterocycles. The maximum absolute atomic E-state index is 13.1. The highest BCUT2D eigenvalue weighted by Gasteiger charge is 2.28. The van der Waals surface area contributed by atoms with Crippen LogP contribution in [-0.4, -0.2) is 25.4 Å². The van der Waals surface area contributed by atoms with Gasteiger partial charge in [0, 0.05) is 7.11 Å². The summed E-state index contributed by atoms with van der Waals surface area (Å²) in [6.07, 6.45) is 1.12. The number of hydrogen-bond acceptors (Lipinski definition) is 3. The molecular weight excluding hydrogens is 209 g/mol. The lowest BCUT2D eigenvalue weighted by Gasteiger charge is -2.27. The summed E-state index contributed by atoms with van der Waals surface area (Å²) >= 11 is 0. The van der Waals surface area contributed by atoms with Crippen LogP contribution < -0.4 is 5.73 Å². The third-order valence-electron chi connectivity index (χ3n) is 2.54. The van der Waals surface area contributed by atoms with E-state index in [1.54, 1.807) is 12.1 Å². The van der Waals surface area contributed by atoms with Crippen LogP contribution in [0.1, 0.15) is 18.4 Å². The van der Waals surface area contributed by atoms with E-state index in [2.05, 4.69) is 0 Å². The zero-order chi connectivity index (χ0) is 12.0. The molecule has 3 N–H and O–H groups in total. The van der Waals surface area contributed by atoms with E-state index in [0.717, 1.165) is 0 Å². The van der Waals surface area contributed by atoms with E-state index in [1.165, 1.54) is 19.2 Å². The van der Waals surface area contributed by atoms with Crippen LogP contribution >= 0.6 is 0 Å².